The number of methoxy groups -OCH3 is 1. The third-order valence-electron chi connectivity index (χ3n) is 8.12. The zero-order valence-corrected chi connectivity index (χ0v) is 21.7. The lowest BCUT2D eigenvalue weighted by Gasteiger charge is -2.24. The van der Waals surface area contributed by atoms with Crippen molar-refractivity contribution in [1.82, 2.24) is 10.2 Å². The molecular formula is C30H31F3N3O3+. The molecule has 1 N–H and O–H groups in total. The summed E-state index contributed by atoms with van der Waals surface area (Å²) in [6.07, 6.45) is 1.73. The van der Waals surface area contributed by atoms with E-state index in [9.17, 15) is 18.0 Å². The Morgan fingerprint density at radius 1 is 1.13 bits per heavy atom. The average Bonchev–Trinajstić information content (AvgIpc) is 3.71. The van der Waals surface area contributed by atoms with Gasteiger partial charge in [0.05, 0.1) is 18.2 Å². The second kappa shape index (κ2) is 9.95. The van der Waals surface area contributed by atoms with Crippen molar-refractivity contribution in [3.63, 3.8) is 0 Å². The first kappa shape index (κ1) is 25.8. The Balaban J connectivity index is 1.37. The van der Waals surface area contributed by atoms with Crippen LogP contribution in [-0.2, 0) is 26.9 Å². The number of nitrogens with zero attached hydrogens (tertiary/aromatic N) is 2. The van der Waals surface area contributed by atoms with Gasteiger partial charge in [0.2, 0.25) is 11.7 Å². The molecule has 2 aromatic rings. The van der Waals surface area contributed by atoms with Gasteiger partial charge >= 0.3 is 12.1 Å². The topological polar surface area (TPSA) is 53.8 Å². The zero-order valence-electron chi connectivity index (χ0n) is 21.7. The normalized spacial score (nSPS) is 26.1. The Morgan fingerprint density at radius 3 is 2.51 bits per heavy atom. The van der Waals surface area contributed by atoms with E-state index in [1.807, 2.05) is 47.1 Å². The fourth-order valence-electron chi connectivity index (χ4n) is 6.32. The number of carbonyl (C=O) groups excluding carboxylic acids is 1. The number of carbonyl (C=O) groups is 1. The molecule has 1 amide bonds. The summed E-state index contributed by atoms with van der Waals surface area (Å²) in [4.78, 5) is 15.9. The van der Waals surface area contributed by atoms with E-state index in [0.717, 1.165) is 43.0 Å². The molecule has 3 atom stereocenters. The minimum absolute atomic E-state index is 0.182. The lowest BCUT2D eigenvalue weighted by Crippen LogP contribution is -2.43. The molecule has 0 saturated carbocycles. The highest BCUT2D eigenvalue weighted by Crippen LogP contribution is 2.52. The van der Waals surface area contributed by atoms with Gasteiger partial charge in [0.1, 0.15) is 11.7 Å². The third kappa shape index (κ3) is 4.47. The Kier molecular flexibility index (Phi) is 6.59. The van der Waals surface area contributed by atoms with Crippen molar-refractivity contribution in [3.8, 4) is 0 Å². The molecule has 0 radical (unpaired) electrons. The Hall–Kier alpha value is -3.43. The first-order valence-electron chi connectivity index (χ1n) is 13.4. The van der Waals surface area contributed by atoms with Crippen LogP contribution in [0.4, 0.5) is 18.9 Å². The minimum Gasteiger partial charge on any atom is -0.447 e. The van der Waals surface area contributed by atoms with Gasteiger partial charge in [-0.25, -0.2) is 0 Å². The largest absolute Gasteiger partial charge is 0.447 e. The Bertz CT molecular complexity index is 1350. The Morgan fingerprint density at radius 2 is 1.85 bits per heavy atom. The van der Waals surface area contributed by atoms with E-state index >= 15 is 0 Å². The van der Waals surface area contributed by atoms with Gasteiger partial charge in [0.15, 0.2) is 5.60 Å². The number of nitrogens with one attached hydrogen (secondary N) is 1. The van der Waals surface area contributed by atoms with Gasteiger partial charge in [-0.2, -0.15) is 17.7 Å². The van der Waals surface area contributed by atoms with Crippen molar-refractivity contribution in [2.45, 2.75) is 43.2 Å². The number of halogens is 3. The van der Waals surface area contributed by atoms with Gasteiger partial charge in [0, 0.05) is 31.6 Å². The van der Waals surface area contributed by atoms with Gasteiger partial charge in [-0.15, -0.1) is 0 Å². The lowest BCUT2D eigenvalue weighted by atomic mass is 9.81. The fraction of sp³-hybridized carbons (Fsp3) is 0.400. The van der Waals surface area contributed by atoms with Gasteiger partial charge < -0.3 is 19.7 Å². The monoisotopic (exact) mass is 538 g/mol. The number of amides is 1. The maximum absolute atomic E-state index is 13.6. The maximum atomic E-state index is 13.6. The molecule has 1 saturated heterocycles. The van der Waals surface area contributed by atoms with Crippen molar-refractivity contribution in [1.29, 1.82) is 0 Å². The van der Waals surface area contributed by atoms with E-state index in [1.54, 1.807) is 7.11 Å². The highest BCUT2D eigenvalue weighted by Gasteiger charge is 2.68. The second-order valence-corrected chi connectivity index (χ2v) is 10.4. The van der Waals surface area contributed by atoms with Crippen molar-refractivity contribution in [2.24, 2.45) is 0 Å². The smallest absolute Gasteiger partial charge is 0.416 e. The van der Waals surface area contributed by atoms with Crippen LogP contribution in [0.25, 0.3) is 0 Å². The van der Waals surface area contributed by atoms with Gasteiger partial charge in [-0.3, -0.25) is 4.79 Å². The molecule has 6 nitrogen and oxygen atoms in total. The first-order chi connectivity index (χ1) is 18.8. The van der Waals surface area contributed by atoms with Crippen molar-refractivity contribution in [2.75, 3.05) is 33.3 Å². The van der Waals surface area contributed by atoms with Crippen LogP contribution in [0.15, 0.2) is 77.9 Å². The minimum atomic E-state index is -4.40. The number of hydrogen-bond donors (Lipinski definition) is 1. The van der Waals surface area contributed by atoms with E-state index in [4.69, 9.17) is 9.47 Å². The van der Waals surface area contributed by atoms with Crippen molar-refractivity contribution >= 4 is 17.5 Å². The van der Waals surface area contributed by atoms with Crippen LogP contribution in [0.2, 0.25) is 0 Å². The first-order valence-corrected chi connectivity index (χ1v) is 13.4. The van der Waals surface area contributed by atoms with Gasteiger partial charge in [-0.1, -0.05) is 36.4 Å². The Labute approximate surface area is 225 Å². The van der Waals surface area contributed by atoms with Crippen LogP contribution in [0, 0.1) is 0 Å². The van der Waals surface area contributed by atoms with Crippen LogP contribution in [0.1, 0.15) is 24.0 Å². The number of para-hydroxylation sites is 1. The number of hydrogen-bond acceptors (Lipinski definition) is 4. The molecule has 2 bridgehead atoms. The molecule has 4 aliphatic heterocycles. The summed E-state index contributed by atoms with van der Waals surface area (Å²) in [6.45, 7) is 3.45. The molecular weight excluding hydrogens is 507 g/mol. The molecule has 204 valence electrons. The molecule has 6 rings (SSSR count). The van der Waals surface area contributed by atoms with E-state index in [0.29, 0.717) is 30.0 Å². The SMILES string of the molecule is COC1=[N+](c2ccccc2)C(Cc2ccc(C(F)(F)F)cc2)C23C=CC(O2)C(C(=O)NCCN2CCCC2)=C13. The molecule has 3 unspecified atom stereocenters. The predicted molar refractivity (Wildman–Crippen MR) is 140 cm³/mol. The fourth-order valence-corrected chi connectivity index (χ4v) is 6.32. The van der Waals surface area contributed by atoms with Crippen LogP contribution < -0.4 is 5.32 Å². The van der Waals surface area contributed by atoms with E-state index in [2.05, 4.69) is 10.2 Å². The molecule has 4 heterocycles. The molecule has 1 spiro atoms. The van der Waals surface area contributed by atoms with Crippen molar-refractivity contribution in [3.05, 3.63) is 89.0 Å². The molecule has 2 aromatic carbocycles. The molecule has 9 heteroatoms. The average molecular weight is 539 g/mol. The zero-order chi connectivity index (χ0) is 27.2. The molecule has 0 aliphatic carbocycles. The van der Waals surface area contributed by atoms with Crippen molar-refractivity contribution < 1.29 is 32.0 Å². The highest BCUT2D eigenvalue weighted by molar-refractivity contribution is 6.08. The number of likely N-dealkylation sites (tertiary alicyclic amines) is 1. The summed E-state index contributed by atoms with van der Waals surface area (Å²) < 4.78 is 54.1. The summed E-state index contributed by atoms with van der Waals surface area (Å²) >= 11 is 0. The highest BCUT2D eigenvalue weighted by atomic mass is 19.4. The molecule has 0 aromatic heterocycles. The number of rotatable bonds is 7. The standard InChI is InChI=1S/C30H30F3N3O3/c1-38-28-26-25(27(37)34-15-18-35-16-5-6-17-35)23-13-14-29(26,39-23)24(36(28)22-7-3-2-4-8-22)19-20-9-11-21(12-10-20)30(31,32)33/h2-4,7-14,23-24H,5-6,15-19H2,1H3/p+1. The third-order valence-corrected chi connectivity index (χ3v) is 8.12. The van der Waals surface area contributed by atoms with Gasteiger partial charge in [-0.05, 0) is 49.7 Å². The van der Waals surface area contributed by atoms with Crippen LogP contribution >= 0.6 is 0 Å². The molecule has 39 heavy (non-hydrogen) atoms. The summed E-state index contributed by atoms with van der Waals surface area (Å²) in [6, 6.07) is 14.5. The quantitative estimate of drug-likeness (QED) is 0.424. The molecule has 1 fully saturated rings. The molecule has 4 aliphatic rings. The number of ether oxygens (including phenoxy) is 2. The maximum Gasteiger partial charge on any atom is 0.416 e. The van der Waals surface area contributed by atoms with E-state index < -0.39 is 23.4 Å². The van der Waals surface area contributed by atoms with E-state index in [-0.39, 0.29) is 11.9 Å². The van der Waals surface area contributed by atoms with Crippen LogP contribution in [0.3, 0.4) is 0 Å². The van der Waals surface area contributed by atoms with Crippen LogP contribution in [0.5, 0.6) is 0 Å². The summed E-state index contributed by atoms with van der Waals surface area (Å²) in [5.74, 6) is 0.341. The predicted octanol–water partition coefficient (Wildman–Crippen LogP) is 4.24. The van der Waals surface area contributed by atoms with Gasteiger partial charge in [0.25, 0.3) is 5.91 Å². The second-order valence-electron chi connectivity index (χ2n) is 10.4. The summed E-state index contributed by atoms with van der Waals surface area (Å²) in [5, 5.41) is 3.08. The van der Waals surface area contributed by atoms with E-state index in [1.165, 1.54) is 25.0 Å². The summed E-state index contributed by atoms with van der Waals surface area (Å²) in [7, 11) is 1.57. The number of fused-ring (bicyclic) bond motifs is 1. The van der Waals surface area contributed by atoms with Crippen LogP contribution in [-0.4, -0.2) is 72.3 Å². The number of benzene rings is 2. The lowest BCUT2D eigenvalue weighted by molar-refractivity contribution is -0.499. The summed E-state index contributed by atoms with van der Waals surface area (Å²) in [5.41, 5.74) is 1.14. The number of alkyl halides is 3.